The lowest BCUT2D eigenvalue weighted by molar-refractivity contribution is 0.0983. The summed E-state index contributed by atoms with van der Waals surface area (Å²) in [6, 6.07) is 4.17. The highest BCUT2D eigenvalue weighted by Crippen LogP contribution is 2.33. The number of ether oxygens (including phenoxy) is 1. The molecule has 0 fully saturated rings. The van der Waals surface area contributed by atoms with Crippen molar-refractivity contribution < 1.29 is 9.53 Å². The molecule has 9 heteroatoms. The highest BCUT2D eigenvalue weighted by molar-refractivity contribution is 7.22. The first-order chi connectivity index (χ1) is 13.3. The van der Waals surface area contributed by atoms with E-state index in [9.17, 15) is 4.79 Å². The summed E-state index contributed by atoms with van der Waals surface area (Å²) in [6.45, 7) is 5.61. The van der Waals surface area contributed by atoms with Crippen LogP contribution in [0.4, 0.5) is 5.13 Å². The fraction of sp³-hybridized carbons (Fsp3) is 0.450. The third-order valence-corrected chi connectivity index (χ3v) is 5.80. The van der Waals surface area contributed by atoms with Crippen LogP contribution < -0.4 is 9.64 Å². The molecule has 0 unspecified atom stereocenters. The number of aromatic nitrogens is 3. The van der Waals surface area contributed by atoms with Crippen molar-refractivity contribution in [2.75, 3.05) is 39.2 Å². The molecule has 3 rings (SSSR count). The van der Waals surface area contributed by atoms with Gasteiger partial charge in [0.25, 0.3) is 5.91 Å². The van der Waals surface area contributed by atoms with Gasteiger partial charge in [0.15, 0.2) is 5.13 Å². The Balaban J connectivity index is 0.00000300. The Morgan fingerprint density at radius 2 is 1.97 bits per heavy atom. The SMILES string of the molecule is COc1nn(C)cc1C(=O)N(CCCN(C)C)c1nc2c(C)c(C)ccc2s1.Cl. The molecule has 0 saturated carbocycles. The molecule has 7 nitrogen and oxygen atoms in total. The maximum Gasteiger partial charge on any atom is 0.267 e. The first kappa shape index (κ1) is 23.1. The number of carbonyl (C=O) groups excluding carboxylic acids is 1. The van der Waals surface area contributed by atoms with Gasteiger partial charge in [-0.05, 0) is 58.1 Å². The zero-order valence-corrected chi connectivity index (χ0v) is 19.4. The Kier molecular flexibility index (Phi) is 7.62. The Hall–Kier alpha value is -2.16. The Morgan fingerprint density at radius 1 is 1.24 bits per heavy atom. The van der Waals surface area contributed by atoms with E-state index in [-0.39, 0.29) is 18.3 Å². The zero-order valence-electron chi connectivity index (χ0n) is 17.7. The second kappa shape index (κ2) is 9.56. The van der Waals surface area contributed by atoms with E-state index < -0.39 is 0 Å². The van der Waals surface area contributed by atoms with Crippen LogP contribution in [-0.4, -0.2) is 59.9 Å². The summed E-state index contributed by atoms with van der Waals surface area (Å²) in [5.74, 6) is 0.190. The molecule has 0 bridgehead atoms. The van der Waals surface area contributed by atoms with Crippen molar-refractivity contribution in [3.8, 4) is 5.88 Å². The van der Waals surface area contributed by atoms with Gasteiger partial charge in [-0.15, -0.1) is 17.5 Å². The smallest absolute Gasteiger partial charge is 0.267 e. The molecule has 0 N–H and O–H groups in total. The van der Waals surface area contributed by atoms with E-state index in [1.165, 1.54) is 12.7 Å². The molecule has 3 aromatic rings. The van der Waals surface area contributed by atoms with Crippen LogP contribution in [0.2, 0.25) is 0 Å². The maximum atomic E-state index is 13.4. The van der Waals surface area contributed by atoms with Crippen molar-refractivity contribution in [2.45, 2.75) is 20.3 Å². The number of rotatable bonds is 7. The standard InChI is InChI=1S/C20H27N5O2S.ClH/c1-13-8-9-16-17(14(13)2)21-20(28-16)25(11-7-10-23(3)4)19(26)15-12-24(5)22-18(15)27-6;/h8-9,12H,7,10-11H2,1-6H3;1H. The van der Waals surface area contributed by atoms with Crippen LogP contribution in [0.1, 0.15) is 27.9 Å². The van der Waals surface area contributed by atoms with Gasteiger partial charge in [0.05, 0.1) is 17.3 Å². The second-order valence-electron chi connectivity index (χ2n) is 7.19. The first-order valence-electron chi connectivity index (χ1n) is 9.22. The molecule has 0 aliphatic carbocycles. The zero-order chi connectivity index (χ0) is 20.4. The van der Waals surface area contributed by atoms with Gasteiger partial charge in [0, 0.05) is 19.8 Å². The monoisotopic (exact) mass is 437 g/mol. The number of thiazole rings is 1. The molecule has 158 valence electrons. The van der Waals surface area contributed by atoms with Crippen LogP contribution in [0.3, 0.4) is 0 Å². The summed E-state index contributed by atoms with van der Waals surface area (Å²) in [6.07, 6.45) is 2.54. The second-order valence-corrected chi connectivity index (χ2v) is 8.20. The van der Waals surface area contributed by atoms with E-state index in [2.05, 4.69) is 36.0 Å². The molecule has 0 saturated heterocycles. The Morgan fingerprint density at radius 3 is 2.62 bits per heavy atom. The quantitative estimate of drug-likeness (QED) is 0.564. The summed E-state index contributed by atoms with van der Waals surface area (Å²) in [4.78, 5) is 22.1. The fourth-order valence-corrected chi connectivity index (χ4v) is 4.12. The normalized spacial score (nSPS) is 11.0. The largest absolute Gasteiger partial charge is 0.479 e. The van der Waals surface area contributed by atoms with E-state index in [4.69, 9.17) is 9.72 Å². The Labute approximate surface area is 181 Å². The average Bonchev–Trinajstić information content (AvgIpc) is 3.25. The summed E-state index contributed by atoms with van der Waals surface area (Å²) in [7, 11) is 7.36. The number of halogens is 1. The summed E-state index contributed by atoms with van der Waals surface area (Å²) >= 11 is 1.54. The summed E-state index contributed by atoms with van der Waals surface area (Å²) < 4.78 is 7.98. The predicted molar refractivity (Wildman–Crippen MR) is 121 cm³/mol. The van der Waals surface area contributed by atoms with Crippen LogP contribution in [0, 0.1) is 13.8 Å². The lowest BCUT2D eigenvalue weighted by Gasteiger charge is -2.20. The van der Waals surface area contributed by atoms with Gasteiger partial charge in [0.2, 0.25) is 5.88 Å². The number of hydrogen-bond donors (Lipinski definition) is 0. The molecule has 0 atom stereocenters. The van der Waals surface area contributed by atoms with Gasteiger partial charge in [-0.1, -0.05) is 17.4 Å². The number of anilines is 1. The number of aryl methyl sites for hydroxylation is 3. The molecule has 0 aliphatic rings. The van der Waals surface area contributed by atoms with Gasteiger partial charge < -0.3 is 9.64 Å². The molecule has 1 aromatic carbocycles. The number of carbonyl (C=O) groups is 1. The number of benzene rings is 1. The van der Waals surface area contributed by atoms with Gasteiger partial charge >= 0.3 is 0 Å². The molecule has 29 heavy (non-hydrogen) atoms. The van der Waals surface area contributed by atoms with Crippen LogP contribution in [-0.2, 0) is 7.05 Å². The minimum Gasteiger partial charge on any atom is -0.479 e. The number of methoxy groups -OCH3 is 1. The third-order valence-electron chi connectivity index (χ3n) is 4.76. The minimum absolute atomic E-state index is 0. The topological polar surface area (TPSA) is 63.5 Å². The van der Waals surface area contributed by atoms with Gasteiger partial charge in [0.1, 0.15) is 5.56 Å². The maximum absolute atomic E-state index is 13.4. The van der Waals surface area contributed by atoms with E-state index in [0.717, 1.165) is 28.7 Å². The van der Waals surface area contributed by atoms with E-state index in [0.29, 0.717) is 23.1 Å². The molecule has 0 spiro atoms. The average molecular weight is 438 g/mol. The van der Waals surface area contributed by atoms with Crippen molar-refractivity contribution in [2.24, 2.45) is 7.05 Å². The van der Waals surface area contributed by atoms with E-state index in [1.807, 2.05) is 14.1 Å². The molecule has 1 amide bonds. The molecule has 2 heterocycles. The van der Waals surface area contributed by atoms with Crippen molar-refractivity contribution in [3.05, 3.63) is 35.0 Å². The Bertz CT molecular complexity index is 998. The van der Waals surface area contributed by atoms with Gasteiger partial charge in [-0.2, -0.15) is 0 Å². The fourth-order valence-electron chi connectivity index (χ4n) is 3.07. The molecular weight excluding hydrogens is 410 g/mol. The minimum atomic E-state index is -0.142. The highest BCUT2D eigenvalue weighted by atomic mass is 35.5. The first-order valence-corrected chi connectivity index (χ1v) is 10.0. The van der Waals surface area contributed by atoms with E-state index in [1.54, 1.807) is 34.2 Å². The summed E-state index contributed by atoms with van der Waals surface area (Å²) in [5.41, 5.74) is 3.76. The van der Waals surface area contributed by atoms with Crippen molar-refractivity contribution in [1.29, 1.82) is 0 Å². The number of fused-ring (bicyclic) bond motifs is 1. The highest BCUT2D eigenvalue weighted by Gasteiger charge is 2.26. The summed E-state index contributed by atoms with van der Waals surface area (Å²) in [5, 5.41) is 4.93. The molecule has 0 radical (unpaired) electrons. The number of amides is 1. The predicted octanol–water partition coefficient (Wildman–Crippen LogP) is 3.68. The number of nitrogens with zero attached hydrogens (tertiary/aromatic N) is 5. The van der Waals surface area contributed by atoms with Crippen LogP contribution in [0.25, 0.3) is 10.2 Å². The third kappa shape index (κ3) is 4.88. The molecule has 2 aromatic heterocycles. The van der Waals surface area contributed by atoms with E-state index >= 15 is 0 Å². The van der Waals surface area contributed by atoms with Crippen LogP contribution in [0.15, 0.2) is 18.3 Å². The number of hydrogen-bond acceptors (Lipinski definition) is 6. The van der Waals surface area contributed by atoms with Crippen molar-refractivity contribution in [3.63, 3.8) is 0 Å². The van der Waals surface area contributed by atoms with Crippen LogP contribution >= 0.6 is 23.7 Å². The van der Waals surface area contributed by atoms with Crippen molar-refractivity contribution in [1.82, 2.24) is 19.7 Å². The lowest BCUT2D eigenvalue weighted by Crippen LogP contribution is -2.33. The van der Waals surface area contributed by atoms with Gasteiger partial charge in [-0.3, -0.25) is 14.4 Å². The molecule has 0 aliphatic heterocycles. The molecular formula is C20H28ClN5O2S. The van der Waals surface area contributed by atoms with Gasteiger partial charge in [-0.25, -0.2) is 4.98 Å². The van der Waals surface area contributed by atoms with Crippen LogP contribution in [0.5, 0.6) is 5.88 Å². The van der Waals surface area contributed by atoms with Crippen molar-refractivity contribution >= 4 is 45.0 Å². The lowest BCUT2D eigenvalue weighted by atomic mass is 10.1.